The van der Waals surface area contributed by atoms with Gasteiger partial charge in [-0.3, -0.25) is 9.59 Å². The fourth-order valence-corrected chi connectivity index (χ4v) is 1.73. The second-order valence-corrected chi connectivity index (χ2v) is 4.41. The van der Waals surface area contributed by atoms with E-state index in [1.165, 1.54) is 29.3 Å². The van der Waals surface area contributed by atoms with Crippen molar-refractivity contribution in [3.05, 3.63) is 28.7 Å². The lowest BCUT2D eigenvalue weighted by Gasteiger charge is -2.24. The maximum absolute atomic E-state index is 11.5. The van der Waals surface area contributed by atoms with Crippen molar-refractivity contribution in [2.24, 2.45) is 5.92 Å². The van der Waals surface area contributed by atoms with E-state index < -0.39 is 0 Å². The van der Waals surface area contributed by atoms with Crippen molar-refractivity contribution in [2.45, 2.75) is 25.8 Å². The monoisotopic (exact) mass is 236 g/mol. The zero-order valence-corrected chi connectivity index (χ0v) is 9.59. The molecule has 0 aliphatic heterocycles. The molecule has 1 aliphatic rings. The molecule has 1 aliphatic carbocycles. The standard InChI is InChI=1S/C12H16N2O3/c13-10-4-5-11(15)14(6-10)7-12(16)17-8-9-2-1-3-9/h4-6,9H,1-3,7-8,13H2. The van der Waals surface area contributed by atoms with Crippen LogP contribution in [0.5, 0.6) is 0 Å². The molecule has 0 amide bonds. The summed E-state index contributed by atoms with van der Waals surface area (Å²) >= 11 is 0. The number of hydrogen-bond acceptors (Lipinski definition) is 4. The van der Waals surface area contributed by atoms with E-state index in [1.807, 2.05) is 0 Å². The lowest BCUT2D eigenvalue weighted by molar-refractivity contribution is -0.146. The second kappa shape index (κ2) is 5.03. The van der Waals surface area contributed by atoms with Crippen LogP contribution in [0.1, 0.15) is 19.3 Å². The average Bonchev–Trinajstić information content (AvgIpc) is 2.21. The number of nitrogens with two attached hydrogens (primary N) is 1. The van der Waals surface area contributed by atoms with Crippen LogP contribution in [-0.2, 0) is 16.1 Å². The molecule has 0 saturated heterocycles. The smallest absolute Gasteiger partial charge is 0.326 e. The number of nitrogen functional groups attached to an aromatic ring is 1. The molecule has 0 atom stereocenters. The summed E-state index contributed by atoms with van der Waals surface area (Å²) in [5.74, 6) is 0.126. The molecule has 1 saturated carbocycles. The van der Waals surface area contributed by atoms with E-state index in [9.17, 15) is 9.59 Å². The minimum atomic E-state index is -0.385. The first-order chi connectivity index (χ1) is 8.15. The average molecular weight is 236 g/mol. The van der Waals surface area contributed by atoms with Gasteiger partial charge in [-0.1, -0.05) is 6.42 Å². The van der Waals surface area contributed by atoms with Crippen LogP contribution in [0.4, 0.5) is 5.69 Å². The van der Waals surface area contributed by atoms with Crippen LogP contribution in [0.3, 0.4) is 0 Å². The lowest BCUT2D eigenvalue weighted by atomic mass is 9.86. The Balaban J connectivity index is 1.88. The summed E-state index contributed by atoms with van der Waals surface area (Å²) in [6.07, 6.45) is 4.93. The van der Waals surface area contributed by atoms with Crippen LogP contribution in [0.15, 0.2) is 23.1 Å². The van der Waals surface area contributed by atoms with Gasteiger partial charge in [0.25, 0.3) is 5.56 Å². The Morgan fingerprint density at radius 1 is 1.47 bits per heavy atom. The highest BCUT2D eigenvalue weighted by Gasteiger charge is 2.19. The van der Waals surface area contributed by atoms with Crippen LogP contribution >= 0.6 is 0 Å². The highest BCUT2D eigenvalue weighted by atomic mass is 16.5. The molecule has 0 radical (unpaired) electrons. The minimum Gasteiger partial charge on any atom is -0.464 e. The quantitative estimate of drug-likeness (QED) is 0.784. The fourth-order valence-electron chi connectivity index (χ4n) is 1.73. The van der Waals surface area contributed by atoms with Crippen molar-refractivity contribution >= 4 is 11.7 Å². The molecule has 1 aromatic rings. The number of nitrogens with zero attached hydrogens (tertiary/aromatic N) is 1. The number of pyridine rings is 1. The molecule has 5 nitrogen and oxygen atoms in total. The van der Waals surface area contributed by atoms with Crippen LogP contribution < -0.4 is 11.3 Å². The molecule has 5 heteroatoms. The van der Waals surface area contributed by atoms with Gasteiger partial charge in [0, 0.05) is 18.0 Å². The largest absolute Gasteiger partial charge is 0.464 e. The van der Waals surface area contributed by atoms with Gasteiger partial charge < -0.3 is 15.0 Å². The summed E-state index contributed by atoms with van der Waals surface area (Å²) < 4.78 is 6.37. The second-order valence-electron chi connectivity index (χ2n) is 4.41. The van der Waals surface area contributed by atoms with Crippen LogP contribution in [-0.4, -0.2) is 17.1 Å². The maximum atomic E-state index is 11.5. The Bertz CT molecular complexity index is 463. The Kier molecular flexibility index (Phi) is 3.46. The topological polar surface area (TPSA) is 74.3 Å². The number of esters is 1. The molecule has 1 fully saturated rings. The van der Waals surface area contributed by atoms with Gasteiger partial charge in [0.1, 0.15) is 6.54 Å². The van der Waals surface area contributed by atoms with Crippen molar-refractivity contribution in [2.75, 3.05) is 12.3 Å². The van der Waals surface area contributed by atoms with E-state index in [4.69, 9.17) is 10.5 Å². The van der Waals surface area contributed by atoms with Crippen molar-refractivity contribution < 1.29 is 9.53 Å². The number of aromatic nitrogens is 1. The molecule has 0 bridgehead atoms. The molecule has 2 rings (SSSR count). The van der Waals surface area contributed by atoms with E-state index in [-0.39, 0.29) is 18.1 Å². The molecular weight excluding hydrogens is 220 g/mol. The summed E-state index contributed by atoms with van der Waals surface area (Å²) in [7, 11) is 0. The molecule has 2 N–H and O–H groups in total. The summed E-state index contributed by atoms with van der Waals surface area (Å²) in [5.41, 5.74) is 5.75. The van der Waals surface area contributed by atoms with Gasteiger partial charge in [-0.2, -0.15) is 0 Å². The Morgan fingerprint density at radius 3 is 2.88 bits per heavy atom. The first kappa shape index (κ1) is 11.7. The summed E-state index contributed by atoms with van der Waals surface area (Å²) in [6, 6.07) is 2.85. The van der Waals surface area contributed by atoms with E-state index in [1.54, 1.807) is 0 Å². The summed E-state index contributed by atoms with van der Waals surface area (Å²) in [4.78, 5) is 22.9. The molecule has 1 aromatic heterocycles. The summed E-state index contributed by atoms with van der Waals surface area (Å²) in [6.45, 7) is 0.395. The van der Waals surface area contributed by atoms with Gasteiger partial charge in [0.2, 0.25) is 0 Å². The predicted molar refractivity (Wildman–Crippen MR) is 63.4 cm³/mol. The fraction of sp³-hybridized carbons (Fsp3) is 0.500. The van der Waals surface area contributed by atoms with Crippen molar-refractivity contribution in [1.82, 2.24) is 4.57 Å². The zero-order valence-electron chi connectivity index (χ0n) is 9.59. The molecule has 92 valence electrons. The highest BCUT2D eigenvalue weighted by Crippen LogP contribution is 2.26. The predicted octanol–water partition coefficient (Wildman–Crippen LogP) is 0.774. The van der Waals surface area contributed by atoms with Crippen molar-refractivity contribution in [1.29, 1.82) is 0 Å². The Morgan fingerprint density at radius 2 is 2.24 bits per heavy atom. The summed E-state index contributed by atoms with van der Waals surface area (Å²) in [5, 5.41) is 0. The van der Waals surface area contributed by atoms with E-state index in [0.29, 0.717) is 18.2 Å². The number of carbonyl (C=O) groups excluding carboxylic acids is 1. The van der Waals surface area contributed by atoms with Crippen molar-refractivity contribution in [3.63, 3.8) is 0 Å². The highest BCUT2D eigenvalue weighted by molar-refractivity contribution is 5.69. The molecule has 0 unspecified atom stereocenters. The maximum Gasteiger partial charge on any atom is 0.326 e. The number of ether oxygens (including phenoxy) is 1. The third kappa shape index (κ3) is 3.09. The number of anilines is 1. The third-order valence-electron chi connectivity index (χ3n) is 3.01. The van der Waals surface area contributed by atoms with Gasteiger partial charge in [-0.15, -0.1) is 0 Å². The van der Waals surface area contributed by atoms with Gasteiger partial charge in [-0.25, -0.2) is 0 Å². The van der Waals surface area contributed by atoms with Crippen LogP contribution in [0, 0.1) is 5.92 Å². The zero-order chi connectivity index (χ0) is 12.3. The molecular formula is C12H16N2O3. The number of carbonyl (C=O) groups is 1. The molecule has 1 heterocycles. The third-order valence-corrected chi connectivity index (χ3v) is 3.01. The Hall–Kier alpha value is -1.78. The molecule has 0 spiro atoms. The van der Waals surface area contributed by atoms with Gasteiger partial charge in [0.05, 0.1) is 6.61 Å². The van der Waals surface area contributed by atoms with E-state index in [2.05, 4.69) is 0 Å². The normalized spacial score (nSPS) is 15.3. The van der Waals surface area contributed by atoms with Crippen molar-refractivity contribution in [3.8, 4) is 0 Å². The number of hydrogen-bond donors (Lipinski definition) is 1. The van der Waals surface area contributed by atoms with Crippen LogP contribution in [0.25, 0.3) is 0 Å². The van der Waals surface area contributed by atoms with E-state index >= 15 is 0 Å². The Labute approximate surface area is 99.2 Å². The van der Waals surface area contributed by atoms with E-state index in [0.717, 1.165) is 12.8 Å². The SMILES string of the molecule is Nc1ccc(=O)n(CC(=O)OCC2CCC2)c1. The first-order valence-corrected chi connectivity index (χ1v) is 5.77. The molecule has 17 heavy (non-hydrogen) atoms. The van der Waals surface area contributed by atoms with Crippen LogP contribution in [0.2, 0.25) is 0 Å². The first-order valence-electron chi connectivity index (χ1n) is 5.77. The van der Waals surface area contributed by atoms with Gasteiger partial charge in [-0.05, 0) is 24.8 Å². The number of rotatable bonds is 4. The minimum absolute atomic E-state index is 0.0728. The molecule has 0 aromatic carbocycles. The van der Waals surface area contributed by atoms with Gasteiger partial charge >= 0.3 is 5.97 Å². The lowest BCUT2D eigenvalue weighted by Crippen LogP contribution is -2.27. The van der Waals surface area contributed by atoms with Gasteiger partial charge in [0.15, 0.2) is 0 Å².